The van der Waals surface area contributed by atoms with Gasteiger partial charge in [-0.05, 0) is 26.3 Å². The van der Waals surface area contributed by atoms with Gasteiger partial charge in [-0.1, -0.05) is 36.4 Å². The van der Waals surface area contributed by atoms with Gasteiger partial charge in [-0.25, -0.2) is 4.79 Å². The predicted octanol–water partition coefficient (Wildman–Crippen LogP) is 2.67. The standard InChI is InChI=1S/C18H23NO4/c1-4-23-18(22)11-8-12-19(17(21)13-14(2)20)15(3)16-9-6-5-7-10-16/h5-11,15H,4,12-13H2,1-3H3/b11-8+/t15-/m1/s1. The smallest absolute Gasteiger partial charge is 0.330 e. The lowest BCUT2D eigenvalue weighted by molar-refractivity contribution is -0.138. The largest absolute Gasteiger partial charge is 0.463 e. The topological polar surface area (TPSA) is 63.7 Å². The van der Waals surface area contributed by atoms with E-state index in [9.17, 15) is 14.4 Å². The van der Waals surface area contributed by atoms with E-state index in [1.807, 2.05) is 37.3 Å². The Kier molecular flexibility index (Phi) is 7.74. The fraction of sp³-hybridized carbons (Fsp3) is 0.389. The second-order valence-corrected chi connectivity index (χ2v) is 5.17. The molecule has 1 aromatic rings. The SMILES string of the molecule is CCOC(=O)/C=C/CN(C(=O)CC(C)=O)[C@H](C)c1ccccc1. The van der Waals surface area contributed by atoms with Gasteiger partial charge in [-0.3, -0.25) is 9.59 Å². The molecule has 1 rings (SSSR count). The van der Waals surface area contributed by atoms with Crippen molar-refractivity contribution in [2.45, 2.75) is 33.2 Å². The average Bonchev–Trinajstić information content (AvgIpc) is 2.51. The zero-order valence-corrected chi connectivity index (χ0v) is 13.8. The second-order valence-electron chi connectivity index (χ2n) is 5.17. The molecule has 1 amide bonds. The van der Waals surface area contributed by atoms with Gasteiger partial charge in [0.1, 0.15) is 5.78 Å². The van der Waals surface area contributed by atoms with Crippen LogP contribution in [0.3, 0.4) is 0 Å². The minimum atomic E-state index is -0.446. The van der Waals surface area contributed by atoms with Gasteiger partial charge < -0.3 is 9.64 Å². The van der Waals surface area contributed by atoms with Crippen molar-refractivity contribution in [3.05, 3.63) is 48.0 Å². The van der Waals surface area contributed by atoms with E-state index in [1.165, 1.54) is 13.0 Å². The van der Waals surface area contributed by atoms with Crippen molar-refractivity contribution in [2.75, 3.05) is 13.2 Å². The molecule has 1 aromatic carbocycles. The van der Waals surface area contributed by atoms with Crippen LogP contribution in [0, 0.1) is 0 Å². The molecular formula is C18H23NO4. The molecule has 0 aromatic heterocycles. The van der Waals surface area contributed by atoms with Crippen LogP contribution in [0.4, 0.5) is 0 Å². The summed E-state index contributed by atoms with van der Waals surface area (Å²) in [5.41, 5.74) is 0.967. The summed E-state index contributed by atoms with van der Waals surface area (Å²) in [6, 6.07) is 9.34. The van der Waals surface area contributed by atoms with Crippen molar-refractivity contribution in [1.82, 2.24) is 4.90 Å². The van der Waals surface area contributed by atoms with Gasteiger partial charge in [0.15, 0.2) is 0 Å². The molecule has 0 fully saturated rings. The highest BCUT2D eigenvalue weighted by atomic mass is 16.5. The van der Waals surface area contributed by atoms with E-state index in [4.69, 9.17) is 4.74 Å². The van der Waals surface area contributed by atoms with Crippen LogP contribution in [0.2, 0.25) is 0 Å². The Morgan fingerprint density at radius 3 is 2.43 bits per heavy atom. The zero-order valence-electron chi connectivity index (χ0n) is 13.8. The van der Waals surface area contributed by atoms with Crippen molar-refractivity contribution < 1.29 is 19.1 Å². The Balaban J connectivity index is 2.86. The third kappa shape index (κ3) is 6.46. The van der Waals surface area contributed by atoms with Crippen LogP contribution < -0.4 is 0 Å². The molecule has 0 aliphatic carbocycles. The molecule has 0 spiro atoms. The summed E-state index contributed by atoms with van der Waals surface area (Å²) >= 11 is 0. The van der Waals surface area contributed by atoms with E-state index in [-0.39, 0.29) is 30.7 Å². The van der Waals surface area contributed by atoms with Crippen LogP contribution in [0.25, 0.3) is 0 Å². The highest BCUT2D eigenvalue weighted by molar-refractivity contribution is 5.97. The summed E-state index contributed by atoms with van der Waals surface area (Å²) in [7, 11) is 0. The first kappa shape index (κ1) is 18.6. The molecule has 0 saturated carbocycles. The Hall–Kier alpha value is -2.43. The molecule has 5 nitrogen and oxygen atoms in total. The van der Waals surface area contributed by atoms with Gasteiger partial charge >= 0.3 is 5.97 Å². The number of nitrogens with zero attached hydrogens (tertiary/aromatic N) is 1. The number of hydrogen-bond donors (Lipinski definition) is 0. The fourth-order valence-electron chi connectivity index (χ4n) is 2.15. The molecule has 0 aliphatic rings. The molecule has 0 heterocycles. The van der Waals surface area contributed by atoms with Crippen LogP contribution in [-0.4, -0.2) is 35.7 Å². The molecule has 5 heteroatoms. The third-order valence-electron chi connectivity index (χ3n) is 3.31. The van der Waals surface area contributed by atoms with Crippen molar-refractivity contribution >= 4 is 17.7 Å². The summed E-state index contributed by atoms with van der Waals surface area (Å²) in [6.45, 7) is 5.55. The lowest BCUT2D eigenvalue weighted by atomic mass is 10.1. The number of esters is 1. The highest BCUT2D eigenvalue weighted by Gasteiger charge is 2.21. The molecule has 0 saturated heterocycles. The molecule has 23 heavy (non-hydrogen) atoms. The van der Waals surface area contributed by atoms with Crippen molar-refractivity contribution in [2.24, 2.45) is 0 Å². The number of ketones is 1. The van der Waals surface area contributed by atoms with Gasteiger partial charge in [-0.2, -0.15) is 0 Å². The summed E-state index contributed by atoms with van der Waals surface area (Å²) in [4.78, 5) is 36.5. The van der Waals surface area contributed by atoms with Gasteiger partial charge in [0, 0.05) is 12.6 Å². The lowest BCUT2D eigenvalue weighted by Gasteiger charge is -2.28. The van der Waals surface area contributed by atoms with Gasteiger partial charge in [0.2, 0.25) is 5.91 Å². The summed E-state index contributed by atoms with van der Waals surface area (Å²) in [5, 5.41) is 0. The number of ether oxygens (including phenoxy) is 1. The number of amides is 1. The predicted molar refractivity (Wildman–Crippen MR) is 87.6 cm³/mol. The normalized spacial score (nSPS) is 12.0. The van der Waals surface area contributed by atoms with Crippen LogP contribution in [0.5, 0.6) is 0 Å². The number of carbonyl (C=O) groups is 3. The van der Waals surface area contributed by atoms with Crippen LogP contribution in [-0.2, 0) is 19.1 Å². The number of Topliss-reactive ketones (excluding diaryl/α,β-unsaturated/α-hetero) is 1. The minimum Gasteiger partial charge on any atom is -0.463 e. The summed E-state index contributed by atoms with van der Waals surface area (Å²) in [6.07, 6.45) is 2.73. The number of carbonyl (C=O) groups excluding carboxylic acids is 3. The molecule has 0 bridgehead atoms. The summed E-state index contributed by atoms with van der Waals surface area (Å²) in [5.74, 6) is -0.893. The van der Waals surface area contributed by atoms with Gasteiger partial charge in [0.25, 0.3) is 0 Å². The molecule has 0 aliphatic heterocycles. The van der Waals surface area contributed by atoms with Crippen molar-refractivity contribution in [3.63, 3.8) is 0 Å². The van der Waals surface area contributed by atoms with Crippen LogP contribution in [0.1, 0.15) is 38.8 Å². The second kappa shape index (κ2) is 9.56. The number of rotatable bonds is 8. The van der Waals surface area contributed by atoms with E-state index in [0.717, 1.165) is 5.56 Å². The first-order valence-corrected chi connectivity index (χ1v) is 7.62. The van der Waals surface area contributed by atoms with E-state index < -0.39 is 5.97 Å². The molecular weight excluding hydrogens is 294 g/mol. The quantitative estimate of drug-likeness (QED) is 0.420. The monoisotopic (exact) mass is 317 g/mol. The maximum Gasteiger partial charge on any atom is 0.330 e. The first-order valence-electron chi connectivity index (χ1n) is 7.62. The highest BCUT2D eigenvalue weighted by Crippen LogP contribution is 2.20. The molecule has 124 valence electrons. The van der Waals surface area contributed by atoms with Gasteiger partial charge in [-0.15, -0.1) is 0 Å². The average molecular weight is 317 g/mol. The Morgan fingerprint density at radius 1 is 1.22 bits per heavy atom. The van der Waals surface area contributed by atoms with Crippen LogP contribution >= 0.6 is 0 Å². The van der Waals surface area contributed by atoms with Gasteiger partial charge in [0.05, 0.1) is 19.1 Å². The Bertz CT molecular complexity index is 566. The third-order valence-corrected chi connectivity index (χ3v) is 3.31. The Morgan fingerprint density at radius 2 is 1.87 bits per heavy atom. The fourth-order valence-corrected chi connectivity index (χ4v) is 2.15. The minimum absolute atomic E-state index is 0.148. The zero-order chi connectivity index (χ0) is 17.2. The van der Waals surface area contributed by atoms with E-state index >= 15 is 0 Å². The van der Waals surface area contributed by atoms with E-state index in [1.54, 1.807) is 17.9 Å². The molecule has 0 N–H and O–H groups in total. The molecule has 0 radical (unpaired) electrons. The summed E-state index contributed by atoms with van der Waals surface area (Å²) < 4.78 is 4.81. The van der Waals surface area contributed by atoms with Crippen molar-refractivity contribution in [3.8, 4) is 0 Å². The Labute approximate surface area is 136 Å². The number of benzene rings is 1. The molecule has 1 atom stereocenters. The van der Waals surface area contributed by atoms with Crippen LogP contribution in [0.15, 0.2) is 42.5 Å². The van der Waals surface area contributed by atoms with E-state index in [0.29, 0.717) is 6.61 Å². The lowest BCUT2D eigenvalue weighted by Crippen LogP contribution is -2.34. The number of hydrogen-bond acceptors (Lipinski definition) is 4. The molecule has 0 unspecified atom stereocenters. The van der Waals surface area contributed by atoms with Crippen molar-refractivity contribution in [1.29, 1.82) is 0 Å². The van der Waals surface area contributed by atoms with E-state index in [2.05, 4.69) is 0 Å². The maximum absolute atomic E-state index is 12.3. The maximum atomic E-state index is 12.3. The first-order chi connectivity index (χ1) is 11.0.